The lowest BCUT2D eigenvalue weighted by molar-refractivity contribution is -0.136. The van der Waals surface area contributed by atoms with Gasteiger partial charge in [-0.25, -0.2) is 0 Å². The number of aromatic nitrogens is 1. The zero-order valence-corrected chi connectivity index (χ0v) is 14.1. The van der Waals surface area contributed by atoms with E-state index in [4.69, 9.17) is 16.2 Å². The fraction of sp³-hybridized carbons (Fsp3) is 0.0588. The molecule has 7 N–H and O–H groups in total. The molecule has 0 saturated carbocycles. The number of amidine groups is 1. The highest BCUT2D eigenvalue weighted by Crippen LogP contribution is 2.37. The van der Waals surface area contributed by atoms with E-state index in [1.807, 2.05) is 18.2 Å². The number of carboxylic acids is 1. The van der Waals surface area contributed by atoms with Crippen LogP contribution < -0.4 is 11.1 Å². The molecule has 0 atom stereocenters. The molecule has 2 aromatic carbocycles. The van der Waals surface area contributed by atoms with E-state index in [1.54, 1.807) is 18.2 Å². The summed E-state index contributed by atoms with van der Waals surface area (Å²) in [5.41, 5.74) is 8.96. The van der Waals surface area contributed by atoms with Gasteiger partial charge >= 0.3 is 5.97 Å². The largest absolute Gasteiger partial charge is 0.506 e. The molecule has 0 bridgehead atoms. The first kappa shape index (κ1) is 16.1. The number of aliphatic carboxylic acids is 1. The molecule has 1 heterocycles. The fourth-order valence-electron chi connectivity index (χ4n) is 2.59. The number of rotatable bonds is 4. The molecule has 3 aromatic rings. The molecule has 122 valence electrons. The first-order valence-electron chi connectivity index (χ1n) is 7.09. The van der Waals surface area contributed by atoms with Gasteiger partial charge in [0.25, 0.3) is 5.84 Å². The minimum absolute atomic E-state index is 0.0424. The normalized spacial score (nSPS) is 10.9. The minimum Gasteiger partial charge on any atom is -0.506 e. The second-order valence-electron chi connectivity index (χ2n) is 5.48. The van der Waals surface area contributed by atoms with Crippen LogP contribution in [0, 0.1) is 0 Å². The number of nitrogens with two attached hydrogens (primary N) is 2. The molecule has 1 aromatic heterocycles. The lowest BCUT2D eigenvalue weighted by Gasteiger charge is -2.08. The van der Waals surface area contributed by atoms with Crippen molar-refractivity contribution in [1.29, 1.82) is 0 Å². The Bertz CT molecular complexity index is 979. The summed E-state index contributed by atoms with van der Waals surface area (Å²) in [4.78, 5) is 14.2. The van der Waals surface area contributed by atoms with E-state index in [2.05, 4.69) is 20.9 Å². The molecule has 0 fully saturated rings. The first-order chi connectivity index (χ1) is 11.3. The Morgan fingerprint density at radius 2 is 2.00 bits per heavy atom. The zero-order valence-electron chi connectivity index (χ0n) is 12.5. The Kier molecular flexibility index (Phi) is 4.02. The highest BCUT2D eigenvalue weighted by atomic mass is 79.9. The monoisotopic (exact) mass is 388 g/mol. The van der Waals surface area contributed by atoms with Gasteiger partial charge in [-0.05, 0) is 57.9 Å². The van der Waals surface area contributed by atoms with Crippen LogP contribution in [0.5, 0.6) is 5.75 Å². The Balaban J connectivity index is 2.14. The molecule has 0 aliphatic rings. The van der Waals surface area contributed by atoms with Crippen molar-refractivity contribution >= 4 is 38.6 Å². The molecule has 0 amide bonds. The van der Waals surface area contributed by atoms with E-state index in [0.29, 0.717) is 21.3 Å². The first-order valence-corrected chi connectivity index (χ1v) is 7.89. The van der Waals surface area contributed by atoms with Crippen molar-refractivity contribution in [2.45, 2.75) is 6.42 Å². The topological polar surface area (TPSA) is 125 Å². The Hall–Kier alpha value is -2.80. The molecular formula is C17H15BrN3O3+. The smallest absolute Gasteiger partial charge is 0.307 e. The van der Waals surface area contributed by atoms with Gasteiger partial charge in [0, 0.05) is 16.5 Å². The maximum atomic E-state index is 10.9. The highest BCUT2D eigenvalue weighted by Gasteiger charge is 2.14. The number of aromatic hydroxyl groups is 1. The third-order valence-electron chi connectivity index (χ3n) is 3.72. The summed E-state index contributed by atoms with van der Waals surface area (Å²) in [6, 6.07) is 10.6. The van der Waals surface area contributed by atoms with Gasteiger partial charge in [0.15, 0.2) is 0 Å². The molecule has 3 rings (SSSR count). The molecule has 0 spiro atoms. The summed E-state index contributed by atoms with van der Waals surface area (Å²) in [5, 5.41) is 25.8. The van der Waals surface area contributed by atoms with Crippen molar-refractivity contribution in [2.75, 3.05) is 0 Å². The van der Waals surface area contributed by atoms with Crippen molar-refractivity contribution in [3.05, 3.63) is 52.0 Å². The third kappa shape index (κ3) is 2.98. The van der Waals surface area contributed by atoms with Crippen LogP contribution in [0.15, 0.2) is 40.9 Å². The number of benzene rings is 2. The number of H-pyrrole nitrogens is 1. The highest BCUT2D eigenvalue weighted by molar-refractivity contribution is 9.10. The van der Waals surface area contributed by atoms with Gasteiger partial charge in [-0.2, -0.15) is 0 Å². The van der Waals surface area contributed by atoms with Crippen LogP contribution in [0.3, 0.4) is 0 Å². The summed E-state index contributed by atoms with van der Waals surface area (Å²) in [6.07, 6.45) is -0.130. The molecule has 0 aliphatic heterocycles. The van der Waals surface area contributed by atoms with Gasteiger partial charge in [-0.3, -0.25) is 15.9 Å². The van der Waals surface area contributed by atoms with Crippen molar-refractivity contribution < 1.29 is 20.4 Å². The average molecular weight is 389 g/mol. The number of carboxylic acid groups (broad SMARTS) is 1. The maximum absolute atomic E-state index is 10.9. The van der Waals surface area contributed by atoms with E-state index in [-0.39, 0.29) is 18.0 Å². The van der Waals surface area contributed by atoms with Crippen molar-refractivity contribution in [3.8, 4) is 17.0 Å². The van der Waals surface area contributed by atoms with Crippen molar-refractivity contribution in [3.63, 3.8) is 0 Å². The Morgan fingerprint density at radius 3 is 2.67 bits per heavy atom. The predicted molar refractivity (Wildman–Crippen MR) is 94.7 cm³/mol. The van der Waals surface area contributed by atoms with Crippen LogP contribution in [0.25, 0.3) is 22.2 Å². The Labute approximate surface area is 145 Å². The van der Waals surface area contributed by atoms with Gasteiger partial charge in [-0.15, -0.1) is 0 Å². The average Bonchev–Trinajstić information content (AvgIpc) is 2.92. The molecule has 24 heavy (non-hydrogen) atoms. The van der Waals surface area contributed by atoms with Crippen LogP contribution in [-0.2, 0) is 11.2 Å². The zero-order chi connectivity index (χ0) is 17.4. The number of carbonyl (C=O) groups is 1. The minimum atomic E-state index is -0.936. The lowest BCUT2D eigenvalue weighted by atomic mass is 10.0. The van der Waals surface area contributed by atoms with Crippen LogP contribution in [-0.4, -0.2) is 27.0 Å². The standard InChI is InChI=1S/C17H14BrN3O3/c18-12-4-8(5-15(22)23)3-11(16(12)24)14-7-10-6-9(17(19)20)1-2-13(10)21-14/h1-4,6-7,21,24H,5H2,(H3,19,20)(H,22,23)/p+1. The van der Waals surface area contributed by atoms with Crippen LogP contribution in [0.2, 0.25) is 0 Å². The van der Waals surface area contributed by atoms with Crippen LogP contribution >= 0.6 is 15.9 Å². The van der Waals surface area contributed by atoms with E-state index in [0.717, 1.165) is 16.5 Å². The van der Waals surface area contributed by atoms with Gasteiger partial charge in [0.2, 0.25) is 0 Å². The van der Waals surface area contributed by atoms with Gasteiger partial charge in [-0.1, -0.05) is 0 Å². The SMILES string of the molecule is NC(=[NH2+])c1ccc2[nH]c(-c3cc(CC(=O)O)cc(Br)c3O)cc2c1. The van der Waals surface area contributed by atoms with Crippen molar-refractivity contribution in [1.82, 2.24) is 4.98 Å². The van der Waals surface area contributed by atoms with Crippen LogP contribution in [0.4, 0.5) is 0 Å². The molecule has 0 saturated heterocycles. The van der Waals surface area contributed by atoms with Crippen molar-refractivity contribution in [2.24, 2.45) is 5.73 Å². The molecule has 0 aliphatic carbocycles. The van der Waals surface area contributed by atoms with E-state index < -0.39 is 5.97 Å². The predicted octanol–water partition coefficient (Wildman–Crippen LogP) is 1.39. The fourth-order valence-corrected chi connectivity index (χ4v) is 3.10. The quantitative estimate of drug-likeness (QED) is 0.342. The maximum Gasteiger partial charge on any atom is 0.307 e. The molecule has 6 nitrogen and oxygen atoms in total. The number of aromatic amines is 1. The number of hydrogen-bond acceptors (Lipinski definition) is 2. The number of fused-ring (bicyclic) bond motifs is 1. The number of phenols is 1. The summed E-state index contributed by atoms with van der Waals surface area (Å²) in [5.74, 6) is -0.664. The van der Waals surface area contributed by atoms with Gasteiger partial charge < -0.3 is 15.2 Å². The summed E-state index contributed by atoms with van der Waals surface area (Å²) in [6.45, 7) is 0. The summed E-state index contributed by atoms with van der Waals surface area (Å²) >= 11 is 3.27. The van der Waals surface area contributed by atoms with E-state index >= 15 is 0 Å². The van der Waals surface area contributed by atoms with E-state index in [9.17, 15) is 9.90 Å². The molecule has 7 heteroatoms. The van der Waals surface area contributed by atoms with Crippen LogP contribution in [0.1, 0.15) is 11.1 Å². The molecular weight excluding hydrogens is 374 g/mol. The third-order valence-corrected chi connectivity index (χ3v) is 4.33. The Morgan fingerprint density at radius 1 is 1.25 bits per heavy atom. The second-order valence-corrected chi connectivity index (χ2v) is 6.34. The number of phenolic OH excluding ortho intramolecular Hbond substituents is 1. The number of hydrogen-bond donors (Lipinski definition) is 5. The van der Waals surface area contributed by atoms with E-state index in [1.165, 1.54) is 0 Å². The molecule has 0 unspecified atom stereocenters. The molecule has 0 radical (unpaired) electrons. The summed E-state index contributed by atoms with van der Waals surface area (Å²) in [7, 11) is 0. The summed E-state index contributed by atoms with van der Waals surface area (Å²) < 4.78 is 0.440. The number of halogens is 1. The van der Waals surface area contributed by atoms with Gasteiger partial charge in [0.1, 0.15) is 5.75 Å². The lowest BCUT2D eigenvalue weighted by Crippen LogP contribution is -2.46. The second kappa shape index (κ2) is 6.01. The number of nitrogens with one attached hydrogen (secondary N) is 1. The van der Waals surface area contributed by atoms with Gasteiger partial charge in [0.05, 0.1) is 22.2 Å².